The molecule has 1 atom stereocenters. The molecule has 0 heterocycles. The number of alkyl halides is 1. The molecule has 104 valence electrons. The summed E-state index contributed by atoms with van der Waals surface area (Å²) in [6.07, 6.45) is 0. The van der Waals surface area contributed by atoms with Gasteiger partial charge in [-0.1, -0.05) is 18.2 Å². The molecular formula is C13H15F2NO3. The van der Waals surface area contributed by atoms with Crippen molar-refractivity contribution >= 4 is 11.9 Å². The van der Waals surface area contributed by atoms with E-state index in [0.717, 1.165) is 0 Å². The maximum atomic E-state index is 13.7. The van der Waals surface area contributed by atoms with Crippen LogP contribution in [0.15, 0.2) is 24.3 Å². The normalized spacial score (nSPS) is 12.8. The van der Waals surface area contributed by atoms with Gasteiger partial charge in [0.05, 0.1) is 5.41 Å². The van der Waals surface area contributed by atoms with Crippen LogP contribution >= 0.6 is 0 Å². The van der Waals surface area contributed by atoms with Crippen LogP contribution in [0.3, 0.4) is 0 Å². The molecule has 1 aromatic carbocycles. The van der Waals surface area contributed by atoms with Gasteiger partial charge in [-0.15, -0.1) is 0 Å². The zero-order valence-electron chi connectivity index (χ0n) is 10.6. The lowest BCUT2D eigenvalue weighted by molar-refractivity contribution is -0.143. The Morgan fingerprint density at radius 2 is 1.95 bits per heavy atom. The molecule has 0 aliphatic rings. The van der Waals surface area contributed by atoms with Crippen molar-refractivity contribution in [3.8, 4) is 0 Å². The quantitative estimate of drug-likeness (QED) is 0.855. The highest BCUT2D eigenvalue weighted by molar-refractivity contribution is 5.90. The average molecular weight is 271 g/mol. The Bertz CT molecular complexity index is 489. The minimum Gasteiger partial charge on any atom is -0.480 e. The lowest BCUT2D eigenvalue weighted by Crippen LogP contribution is -2.49. The molecule has 0 aliphatic heterocycles. The second-order valence-electron chi connectivity index (χ2n) is 4.62. The third-order valence-electron chi connectivity index (χ3n) is 2.87. The molecule has 1 aromatic rings. The molecule has 1 rings (SSSR count). The number of carboxylic acids is 1. The third-order valence-corrected chi connectivity index (χ3v) is 2.87. The second kappa shape index (κ2) is 5.77. The van der Waals surface area contributed by atoms with Crippen molar-refractivity contribution in [1.82, 2.24) is 5.32 Å². The number of carboxylic acid groups (broad SMARTS) is 1. The highest BCUT2D eigenvalue weighted by Crippen LogP contribution is 2.26. The van der Waals surface area contributed by atoms with Gasteiger partial charge in [-0.2, -0.15) is 0 Å². The fraction of sp³-hybridized carbons (Fsp3) is 0.385. The third kappa shape index (κ3) is 3.27. The molecule has 6 heteroatoms. The minimum absolute atomic E-state index is 0.121. The van der Waals surface area contributed by atoms with E-state index in [1.54, 1.807) is 6.07 Å². The highest BCUT2D eigenvalue weighted by Gasteiger charge is 2.34. The van der Waals surface area contributed by atoms with Gasteiger partial charge in [0.25, 0.3) is 0 Å². The van der Waals surface area contributed by atoms with Crippen LogP contribution in [0, 0.1) is 5.82 Å². The topological polar surface area (TPSA) is 66.4 Å². The van der Waals surface area contributed by atoms with Gasteiger partial charge in [-0.3, -0.25) is 4.79 Å². The predicted octanol–water partition coefficient (Wildman–Crippen LogP) is 1.64. The molecule has 0 radical (unpaired) electrons. The Morgan fingerprint density at radius 1 is 1.37 bits per heavy atom. The molecule has 1 unspecified atom stereocenters. The summed E-state index contributed by atoms with van der Waals surface area (Å²) in [5, 5.41) is 10.7. The Morgan fingerprint density at radius 3 is 2.42 bits per heavy atom. The number of rotatable bonds is 5. The van der Waals surface area contributed by atoms with Crippen molar-refractivity contribution in [2.24, 2.45) is 0 Å². The fourth-order valence-corrected chi connectivity index (χ4v) is 1.60. The molecule has 0 saturated carbocycles. The van der Waals surface area contributed by atoms with Gasteiger partial charge in [-0.05, 0) is 19.9 Å². The summed E-state index contributed by atoms with van der Waals surface area (Å²) >= 11 is 0. The van der Waals surface area contributed by atoms with Gasteiger partial charge in [0.1, 0.15) is 12.5 Å². The molecule has 0 bridgehead atoms. The molecule has 0 aliphatic carbocycles. The van der Waals surface area contributed by atoms with Crippen LogP contribution in [0.5, 0.6) is 0 Å². The summed E-state index contributed by atoms with van der Waals surface area (Å²) in [5.41, 5.74) is -1.18. The number of carbonyl (C=O) groups excluding carboxylic acids is 1. The monoisotopic (exact) mass is 271 g/mol. The Balaban J connectivity index is 2.97. The van der Waals surface area contributed by atoms with Crippen molar-refractivity contribution in [3.05, 3.63) is 35.6 Å². The van der Waals surface area contributed by atoms with Gasteiger partial charge >= 0.3 is 5.97 Å². The average Bonchev–Trinajstić information content (AvgIpc) is 2.35. The summed E-state index contributed by atoms with van der Waals surface area (Å²) in [7, 11) is 0. The summed E-state index contributed by atoms with van der Waals surface area (Å²) in [6.45, 7) is 1.66. The van der Waals surface area contributed by atoms with Crippen LogP contribution in [0.25, 0.3) is 0 Å². The number of hydrogen-bond donors (Lipinski definition) is 2. The summed E-state index contributed by atoms with van der Waals surface area (Å²) in [4.78, 5) is 22.7. The maximum Gasteiger partial charge on any atom is 0.328 e. The van der Waals surface area contributed by atoms with Crippen LogP contribution < -0.4 is 5.32 Å². The number of nitrogens with one attached hydrogen (secondary N) is 1. The number of aliphatic carboxylic acids is 1. The largest absolute Gasteiger partial charge is 0.480 e. The van der Waals surface area contributed by atoms with Crippen LogP contribution in [0.2, 0.25) is 0 Å². The zero-order chi connectivity index (χ0) is 14.6. The van der Waals surface area contributed by atoms with Crippen LogP contribution in [-0.2, 0) is 15.0 Å². The van der Waals surface area contributed by atoms with E-state index in [1.807, 2.05) is 0 Å². The van der Waals surface area contributed by atoms with E-state index in [1.165, 1.54) is 32.0 Å². The molecule has 0 aromatic heterocycles. The molecule has 4 nitrogen and oxygen atoms in total. The Hall–Kier alpha value is -1.98. The van der Waals surface area contributed by atoms with E-state index >= 15 is 0 Å². The number of carbonyl (C=O) groups is 2. The predicted molar refractivity (Wildman–Crippen MR) is 65.0 cm³/mol. The van der Waals surface area contributed by atoms with E-state index in [-0.39, 0.29) is 5.56 Å². The highest BCUT2D eigenvalue weighted by atomic mass is 19.1. The van der Waals surface area contributed by atoms with E-state index in [2.05, 4.69) is 5.32 Å². The summed E-state index contributed by atoms with van der Waals surface area (Å²) in [6, 6.07) is 4.05. The molecule has 1 amide bonds. The summed E-state index contributed by atoms with van der Waals surface area (Å²) < 4.78 is 26.1. The van der Waals surface area contributed by atoms with E-state index in [4.69, 9.17) is 5.11 Å². The smallest absolute Gasteiger partial charge is 0.328 e. The zero-order valence-corrected chi connectivity index (χ0v) is 10.6. The number of amides is 1. The van der Waals surface area contributed by atoms with Crippen LogP contribution in [-0.4, -0.2) is 29.7 Å². The molecule has 2 N–H and O–H groups in total. The first-order chi connectivity index (χ1) is 8.80. The van der Waals surface area contributed by atoms with Gasteiger partial charge in [0.15, 0.2) is 6.04 Å². The van der Waals surface area contributed by atoms with Crippen LogP contribution in [0.4, 0.5) is 8.78 Å². The van der Waals surface area contributed by atoms with E-state index in [0.29, 0.717) is 0 Å². The number of hydrogen-bond acceptors (Lipinski definition) is 2. The summed E-state index contributed by atoms with van der Waals surface area (Å²) in [5.74, 6) is -2.79. The molecule has 0 fully saturated rings. The van der Waals surface area contributed by atoms with Gasteiger partial charge in [0, 0.05) is 5.56 Å². The van der Waals surface area contributed by atoms with Crippen molar-refractivity contribution in [3.63, 3.8) is 0 Å². The first-order valence-electron chi connectivity index (χ1n) is 5.65. The van der Waals surface area contributed by atoms with Gasteiger partial charge in [-0.25, -0.2) is 13.6 Å². The first kappa shape index (κ1) is 15.1. The van der Waals surface area contributed by atoms with E-state index < -0.39 is 35.8 Å². The van der Waals surface area contributed by atoms with Crippen molar-refractivity contribution in [2.45, 2.75) is 25.3 Å². The van der Waals surface area contributed by atoms with Gasteiger partial charge in [0.2, 0.25) is 5.91 Å². The first-order valence-corrected chi connectivity index (χ1v) is 5.65. The van der Waals surface area contributed by atoms with Crippen molar-refractivity contribution < 1.29 is 23.5 Å². The number of benzene rings is 1. The Kier molecular flexibility index (Phi) is 4.58. The molecule has 19 heavy (non-hydrogen) atoms. The molecule has 0 saturated heterocycles. The molecule has 0 spiro atoms. The van der Waals surface area contributed by atoms with Crippen LogP contribution in [0.1, 0.15) is 19.4 Å². The fourth-order valence-electron chi connectivity index (χ4n) is 1.60. The number of halogens is 2. The van der Waals surface area contributed by atoms with Gasteiger partial charge < -0.3 is 10.4 Å². The van der Waals surface area contributed by atoms with Crippen molar-refractivity contribution in [1.29, 1.82) is 0 Å². The molecular weight excluding hydrogens is 256 g/mol. The SMILES string of the molecule is CC(C)(C(=O)NC(CF)C(=O)O)c1ccccc1F. The van der Waals surface area contributed by atoms with Crippen molar-refractivity contribution in [2.75, 3.05) is 6.67 Å². The second-order valence-corrected chi connectivity index (χ2v) is 4.62. The lowest BCUT2D eigenvalue weighted by atomic mass is 9.83. The maximum absolute atomic E-state index is 13.7. The standard InChI is InChI=1S/C13H15F2NO3/c1-13(2,8-5-3-4-6-9(8)15)12(19)16-10(7-14)11(17)18/h3-6,10H,7H2,1-2H3,(H,16,19)(H,17,18). The minimum atomic E-state index is -1.63. The lowest BCUT2D eigenvalue weighted by Gasteiger charge is -2.26. The van der Waals surface area contributed by atoms with E-state index in [9.17, 15) is 18.4 Å². The Labute approximate surface area is 109 Å².